The van der Waals surface area contributed by atoms with Crippen molar-refractivity contribution in [3.63, 3.8) is 0 Å². The minimum Gasteiger partial charge on any atom is -0.357 e. The van der Waals surface area contributed by atoms with Crippen LogP contribution in [0.2, 0.25) is 0 Å². The molecule has 1 heterocycles. The summed E-state index contributed by atoms with van der Waals surface area (Å²) in [7, 11) is 2.04. The molecule has 0 atom stereocenters. The normalized spacial score (nSPS) is 10.9. The second kappa shape index (κ2) is 9.38. The summed E-state index contributed by atoms with van der Waals surface area (Å²) >= 11 is 0. The fraction of sp³-hybridized carbons (Fsp3) is 0.333. The van der Waals surface area contributed by atoms with Gasteiger partial charge in [-0.3, -0.25) is 5.10 Å². The molecule has 5 nitrogen and oxygen atoms in total. The first-order valence-corrected chi connectivity index (χ1v) is 6.81. The zero-order chi connectivity index (χ0) is 14.2. The molecule has 0 radical (unpaired) electrons. The van der Waals surface area contributed by atoms with E-state index in [1.165, 1.54) is 5.56 Å². The summed E-state index contributed by atoms with van der Waals surface area (Å²) in [5.41, 5.74) is 2.27. The lowest BCUT2D eigenvalue weighted by atomic mass is 10.2. The number of aromatic nitrogens is 2. The van der Waals surface area contributed by atoms with Gasteiger partial charge in [-0.2, -0.15) is 5.10 Å². The summed E-state index contributed by atoms with van der Waals surface area (Å²) in [6.45, 7) is 4.35. The largest absolute Gasteiger partial charge is 0.357 e. The highest BCUT2D eigenvalue weighted by Crippen LogP contribution is 2.03. The number of halogens is 1. The van der Waals surface area contributed by atoms with E-state index in [1.54, 1.807) is 6.20 Å². The highest BCUT2D eigenvalue weighted by Gasteiger charge is 2.06. The molecular weight excluding hydrogens is 377 g/mol. The minimum absolute atomic E-state index is 0. The van der Waals surface area contributed by atoms with Crippen molar-refractivity contribution >= 4 is 29.9 Å². The Hall–Kier alpha value is -1.57. The Morgan fingerprint density at radius 1 is 1.29 bits per heavy atom. The van der Waals surface area contributed by atoms with Gasteiger partial charge in [0.15, 0.2) is 5.96 Å². The molecule has 0 aliphatic heterocycles. The fourth-order valence-electron chi connectivity index (χ4n) is 1.93. The molecule has 0 aliphatic rings. The average Bonchev–Trinajstić information content (AvgIpc) is 2.97. The molecule has 0 aliphatic carbocycles. The predicted octanol–water partition coefficient (Wildman–Crippen LogP) is 2.63. The van der Waals surface area contributed by atoms with Gasteiger partial charge < -0.3 is 10.2 Å². The lowest BCUT2D eigenvalue weighted by molar-refractivity contribution is 0.476. The fourth-order valence-corrected chi connectivity index (χ4v) is 1.93. The number of aliphatic imine (C=N–C) groups is 1. The maximum Gasteiger partial charge on any atom is 0.194 e. The molecule has 0 bridgehead atoms. The maximum absolute atomic E-state index is 4.61. The topological polar surface area (TPSA) is 56.3 Å². The van der Waals surface area contributed by atoms with Crippen molar-refractivity contribution in [3.8, 4) is 0 Å². The highest BCUT2D eigenvalue weighted by atomic mass is 127. The zero-order valence-electron chi connectivity index (χ0n) is 12.4. The SMILES string of the molecule is CCNC(=NCc1ccn[nH]1)N(C)Cc1ccccc1.I. The van der Waals surface area contributed by atoms with Gasteiger partial charge in [0.25, 0.3) is 0 Å². The number of nitrogens with zero attached hydrogens (tertiary/aromatic N) is 3. The Morgan fingerprint density at radius 3 is 2.67 bits per heavy atom. The lowest BCUT2D eigenvalue weighted by Crippen LogP contribution is -2.38. The smallest absolute Gasteiger partial charge is 0.194 e. The second-order valence-corrected chi connectivity index (χ2v) is 4.59. The van der Waals surface area contributed by atoms with E-state index in [4.69, 9.17) is 0 Å². The number of H-pyrrole nitrogens is 1. The molecule has 21 heavy (non-hydrogen) atoms. The first-order valence-electron chi connectivity index (χ1n) is 6.81. The molecule has 0 spiro atoms. The van der Waals surface area contributed by atoms with Crippen LogP contribution < -0.4 is 5.32 Å². The molecule has 0 amide bonds. The van der Waals surface area contributed by atoms with Crippen molar-refractivity contribution in [1.29, 1.82) is 0 Å². The molecule has 2 N–H and O–H groups in total. The quantitative estimate of drug-likeness (QED) is 0.462. The number of nitrogens with one attached hydrogen (secondary N) is 2. The Balaban J connectivity index is 0.00000220. The van der Waals surface area contributed by atoms with Gasteiger partial charge in [-0.05, 0) is 18.6 Å². The maximum atomic E-state index is 4.61. The zero-order valence-corrected chi connectivity index (χ0v) is 14.7. The van der Waals surface area contributed by atoms with E-state index in [2.05, 4.69) is 56.6 Å². The van der Waals surface area contributed by atoms with Crippen molar-refractivity contribution in [1.82, 2.24) is 20.4 Å². The summed E-state index contributed by atoms with van der Waals surface area (Å²) in [6.07, 6.45) is 1.74. The van der Waals surface area contributed by atoms with Crippen molar-refractivity contribution in [2.24, 2.45) is 4.99 Å². The van der Waals surface area contributed by atoms with Crippen LogP contribution in [0, 0.1) is 0 Å². The number of aromatic amines is 1. The monoisotopic (exact) mass is 399 g/mol. The number of hydrogen-bond donors (Lipinski definition) is 2. The molecule has 2 rings (SSSR count). The van der Waals surface area contributed by atoms with Gasteiger partial charge in [0, 0.05) is 26.3 Å². The molecule has 0 fully saturated rings. The van der Waals surface area contributed by atoms with Gasteiger partial charge in [-0.25, -0.2) is 4.99 Å². The summed E-state index contributed by atoms with van der Waals surface area (Å²) in [5, 5.41) is 10.2. The predicted molar refractivity (Wildman–Crippen MR) is 96.7 cm³/mol. The van der Waals surface area contributed by atoms with Crippen LogP contribution in [0.3, 0.4) is 0 Å². The minimum atomic E-state index is 0. The van der Waals surface area contributed by atoms with Crippen molar-refractivity contribution in [2.75, 3.05) is 13.6 Å². The van der Waals surface area contributed by atoms with E-state index in [0.29, 0.717) is 6.54 Å². The van der Waals surface area contributed by atoms with Crippen LogP contribution in [0.15, 0.2) is 47.6 Å². The molecule has 0 saturated heterocycles. The highest BCUT2D eigenvalue weighted by molar-refractivity contribution is 14.0. The van der Waals surface area contributed by atoms with Gasteiger partial charge in [0.2, 0.25) is 0 Å². The first kappa shape index (κ1) is 17.5. The number of rotatable bonds is 5. The van der Waals surface area contributed by atoms with Crippen molar-refractivity contribution in [2.45, 2.75) is 20.0 Å². The van der Waals surface area contributed by atoms with E-state index in [1.807, 2.05) is 19.2 Å². The molecule has 1 aromatic carbocycles. The lowest BCUT2D eigenvalue weighted by Gasteiger charge is -2.22. The third-order valence-corrected chi connectivity index (χ3v) is 2.92. The third-order valence-electron chi connectivity index (χ3n) is 2.92. The van der Waals surface area contributed by atoms with Crippen molar-refractivity contribution in [3.05, 3.63) is 53.9 Å². The van der Waals surface area contributed by atoms with Crippen molar-refractivity contribution < 1.29 is 0 Å². The second-order valence-electron chi connectivity index (χ2n) is 4.59. The van der Waals surface area contributed by atoms with Crippen LogP contribution in [0.5, 0.6) is 0 Å². The molecule has 0 saturated carbocycles. The summed E-state index contributed by atoms with van der Waals surface area (Å²) in [4.78, 5) is 6.73. The van der Waals surface area contributed by atoms with Crippen LogP contribution in [0.25, 0.3) is 0 Å². The van der Waals surface area contributed by atoms with Crippen LogP contribution in [-0.4, -0.2) is 34.6 Å². The average molecular weight is 399 g/mol. The Kier molecular flexibility index (Phi) is 7.81. The van der Waals surface area contributed by atoms with Crippen LogP contribution in [0.4, 0.5) is 0 Å². The van der Waals surface area contributed by atoms with E-state index in [0.717, 1.165) is 24.7 Å². The third kappa shape index (κ3) is 5.74. The van der Waals surface area contributed by atoms with Crippen LogP contribution in [-0.2, 0) is 13.1 Å². The Bertz CT molecular complexity index is 524. The van der Waals surface area contributed by atoms with E-state index < -0.39 is 0 Å². The van der Waals surface area contributed by atoms with Crippen LogP contribution in [0.1, 0.15) is 18.2 Å². The Morgan fingerprint density at radius 2 is 2.05 bits per heavy atom. The standard InChI is InChI=1S/C15H21N5.HI/c1-3-16-15(17-11-14-9-10-18-19-14)20(2)12-13-7-5-4-6-8-13;/h4-10H,3,11-12H2,1-2H3,(H,16,17)(H,18,19);1H. The summed E-state index contributed by atoms with van der Waals surface area (Å²) in [6, 6.07) is 12.3. The van der Waals surface area contributed by atoms with E-state index in [-0.39, 0.29) is 24.0 Å². The number of hydrogen-bond acceptors (Lipinski definition) is 2. The van der Waals surface area contributed by atoms with Gasteiger partial charge in [0.1, 0.15) is 0 Å². The molecule has 1 aromatic heterocycles. The first-order chi connectivity index (χ1) is 9.79. The number of benzene rings is 1. The molecule has 6 heteroatoms. The molecule has 2 aromatic rings. The number of guanidine groups is 1. The summed E-state index contributed by atoms with van der Waals surface area (Å²) < 4.78 is 0. The van der Waals surface area contributed by atoms with Crippen LogP contribution >= 0.6 is 24.0 Å². The van der Waals surface area contributed by atoms with E-state index in [9.17, 15) is 0 Å². The summed E-state index contributed by atoms with van der Waals surface area (Å²) in [5.74, 6) is 0.894. The van der Waals surface area contributed by atoms with Gasteiger partial charge in [-0.15, -0.1) is 24.0 Å². The molecule has 0 unspecified atom stereocenters. The van der Waals surface area contributed by atoms with E-state index >= 15 is 0 Å². The van der Waals surface area contributed by atoms with Gasteiger partial charge in [-0.1, -0.05) is 30.3 Å². The van der Waals surface area contributed by atoms with Gasteiger partial charge in [0.05, 0.1) is 12.2 Å². The molecule has 114 valence electrons. The van der Waals surface area contributed by atoms with Gasteiger partial charge >= 0.3 is 0 Å². The Labute approximate surface area is 142 Å². The molecular formula is C15H22IN5.